The van der Waals surface area contributed by atoms with Crippen molar-refractivity contribution >= 4 is 11.8 Å². The van der Waals surface area contributed by atoms with Gasteiger partial charge in [0.15, 0.2) is 0 Å². The van der Waals surface area contributed by atoms with E-state index in [-0.39, 0.29) is 24.0 Å². The van der Waals surface area contributed by atoms with Crippen molar-refractivity contribution in [3.8, 4) is 0 Å². The molecule has 3 heterocycles. The first-order valence-corrected chi connectivity index (χ1v) is 10.1. The van der Waals surface area contributed by atoms with Crippen LogP contribution in [-0.4, -0.2) is 107 Å². The molecule has 0 aliphatic carbocycles. The summed E-state index contributed by atoms with van der Waals surface area (Å²) < 4.78 is 0. The highest BCUT2D eigenvalue weighted by Gasteiger charge is 2.34. The highest BCUT2D eigenvalue weighted by Crippen LogP contribution is 2.24. The average molecular weight is 367 g/mol. The Morgan fingerprint density at radius 3 is 1.81 bits per heavy atom. The summed E-state index contributed by atoms with van der Waals surface area (Å²) in [6.07, 6.45) is 3.58. The van der Waals surface area contributed by atoms with E-state index in [2.05, 4.69) is 9.80 Å². The SMILES string of the molecule is CC(=O)N1CCC(N2CC[C@H](O)[C@@H](N3CCN(C(C)=O)CC3)CC2)CC1. The summed E-state index contributed by atoms with van der Waals surface area (Å²) in [5.41, 5.74) is 0. The van der Waals surface area contributed by atoms with Crippen LogP contribution in [0.5, 0.6) is 0 Å². The van der Waals surface area contributed by atoms with Gasteiger partial charge in [0.25, 0.3) is 0 Å². The molecule has 7 nitrogen and oxygen atoms in total. The van der Waals surface area contributed by atoms with Crippen LogP contribution >= 0.6 is 0 Å². The fourth-order valence-corrected chi connectivity index (χ4v) is 4.80. The van der Waals surface area contributed by atoms with Gasteiger partial charge < -0.3 is 19.8 Å². The lowest BCUT2D eigenvalue weighted by Gasteiger charge is -2.40. The molecule has 3 aliphatic heterocycles. The Morgan fingerprint density at radius 2 is 1.23 bits per heavy atom. The van der Waals surface area contributed by atoms with E-state index in [1.807, 2.05) is 9.80 Å². The highest BCUT2D eigenvalue weighted by molar-refractivity contribution is 5.73. The number of hydrogen-bond donors (Lipinski definition) is 1. The topological polar surface area (TPSA) is 67.3 Å². The minimum Gasteiger partial charge on any atom is -0.391 e. The Kier molecular flexibility index (Phi) is 6.53. The summed E-state index contributed by atoms with van der Waals surface area (Å²) in [6, 6.07) is 0.734. The lowest BCUT2D eigenvalue weighted by molar-refractivity contribution is -0.131. The first-order chi connectivity index (χ1) is 12.5. The largest absolute Gasteiger partial charge is 0.391 e. The van der Waals surface area contributed by atoms with Crippen LogP contribution in [0, 0.1) is 0 Å². The van der Waals surface area contributed by atoms with E-state index in [0.29, 0.717) is 6.04 Å². The molecule has 3 rings (SSSR count). The molecule has 3 saturated heterocycles. The van der Waals surface area contributed by atoms with E-state index < -0.39 is 0 Å². The van der Waals surface area contributed by atoms with Gasteiger partial charge in [0.1, 0.15) is 0 Å². The standard InChI is InChI=1S/C19H34N4O3/c1-15(24)20-7-3-17(4-8-20)22-9-5-18(19(26)6-10-22)23-13-11-21(12-14-23)16(2)25/h17-19,26H,3-14H2,1-2H3/t18-,19-/m0/s1. The number of hydrogen-bond acceptors (Lipinski definition) is 5. The van der Waals surface area contributed by atoms with Crippen LogP contribution in [0.2, 0.25) is 0 Å². The van der Waals surface area contributed by atoms with Gasteiger partial charge in [-0.25, -0.2) is 0 Å². The van der Waals surface area contributed by atoms with E-state index >= 15 is 0 Å². The molecular weight excluding hydrogens is 332 g/mol. The molecule has 0 spiro atoms. The normalized spacial score (nSPS) is 30.3. The number of carbonyl (C=O) groups excluding carboxylic acids is 2. The van der Waals surface area contributed by atoms with Crippen molar-refractivity contribution < 1.29 is 14.7 Å². The van der Waals surface area contributed by atoms with Crippen LogP contribution in [0.3, 0.4) is 0 Å². The van der Waals surface area contributed by atoms with Gasteiger partial charge in [0, 0.05) is 78.3 Å². The summed E-state index contributed by atoms with van der Waals surface area (Å²) in [6.45, 7) is 10.2. The smallest absolute Gasteiger partial charge is 0.219 e. The molecule has 0 saturated carbocycles. The van der Waals surface area contributed by atoms with E-state index in [0.717, 1.165) is 78.0 Å². The first kappa shape index (κ1) is 19.6. The van der Waals surface area contributed by atoms with Gasteiger partial charge in [-0.3, -0.25) is 14.5 Å². The maximum absolute atomic E-state index is 11.5. The molecule has 7 heteroatoms. The van der Waals surface area contributed by atoms with Crippen LogP contribution in [0.25, 0.3) is 0 Å². The zero-order valence-corrected chi connectivity index (χ0v) is 16.3. The summed E-state index contributed by atoms with van der Waals surface area (Å²) >= 11 is 0. The van der Waals surface area contributed by atoms with Gasteiger partial charge in [-0.1, -0.05) is 0 Å². The lowest BCUT2D eigenvalue weighted by Crippen LogP contribution is -2.54. The molecule has 1 N–H and O–H groups in total. The van der Waals surface area contributed by atoms with Crippen molar-refractivity contribution in [3.05, 3.63) is 0 Å². The number of aliphatic hydroxyl groups is 1. The Balaban J connectivity index is 1.51. The van der Waals surface area contributed by atoms with Gasteiger partial charge >= 0.3 is 0 Å². The Bertz CT molecular complexity index is 499. The molecule has 0 bridgehead atoms. The minimum atomic E-state index is -0.291. The highest BCUT2D eigenvalue weighted by atomic mass is 16.3. The van der Waals surface area contributed by atoms with Crippen molar-refractivity contribution in [2.45, 2.75) is 57.7 Å². The molecule has 0 aromatic carbocycles. The molecule has 0 unspecified atom stereocenters. The number of carbonyl (C=O) groups is 2. The summed E-state index contributed by atoms with van der Waals surface area (Å²) in [4.78, 5) is 31.8. The molecule has 26 heavy (non-hydrogen) atoms. The number of likely N-dealkylation sites (tertiary alicyclic amines) is 2. The molecule has 148 valence electrons. The predicted octanol–water partition coefficient (Wildman–Crippen LogP) is -0.0133. The Morgan fingerprint density at radius 1 is 0.692 bits per heavy atom. The molecule has 3 aliphatic rings. The van der Waals surface area contributed by atoms with Crippen molar-refractivity contribution in [3.63, 3.8) is 0 Å². The van der Waals surface area contributed by atoms with Crippen molar-refractivity contribution in [2.24, 2.45) is 0 Å². The van der Waals surface area contributed by atoms with Crippen molar-refractivity contribution in [2.75, 3.05) is 52.4 Å². The van der Waals surface area contributed by atoms with Crippen molar-refractivity contribution in [1.29, 1.82) is 0 Å². The lowest BCUT2D eigenvalue weighted by atomic mass is 10.0. The zero-order valence-electron chi connectivity index (χ0n) is 16.3. The van der Waals surface area contributed by atoms with Gasteiger partial charge in [0.2, 0.25) is 11.8 Å². The number of piperazine rings is 1. The van der Waals surface area contributed by atoms with Crippen LogP contribution < -0.4 is 0 Å². The second kappa shape index (κ2) is 8.67. The third-order valence-corrected chi connectivity index (χ3v) is 6.52. The number of nitrogens with zero attached hydrogens (tertiary/aromatic N) is 4. The monoisotopic (exact) mass is 366 g/mol. The fourth-order valence-electron chi connectivity index (χ4n) is 4.80. The minimum absolute atomic E-state index is 0.147. The van der Waals surface area contributed by atoms with E-state index in [1.165, 1.54) is 0 Å². The molecule has 2 amide bonds. The van der Waals surface area contributed by atoms with E-state index in [1.54, 1.807) is 13.8 Å². The second-order valence-corrected chi connectivity index (χ2v) is 8.03. The maximum Gasteiger partial charge on any atom is 0.219 e. The maximum atomic E-state index is 11.5. The molecule has 0 radical (unpaired) electrons. The van der Waals surface area contributed by atoms with Gasteiger partial charge in [-0.15, -0.1) is 0 Å². The Hall–Kier alpha value is -1.18. The first-order valence-electron chi connectivity index (χ1n) is 10.1. The Labute approximate surface area is 156 Å². The predicted molar refractivity (Wildman–Crippen MR) is 99.7 cm³/mol. The van der Waals surface area contributed by atoms with Crippen LogP contribution in [-0.2, 0) is 9.59 Å². The second-order valence-electron chi connectivity index (χ2n) is 8.03. The third-order valence-electron chi connectivity index (χ3n) is 6.52. The number of piperidine rings is 1. The summed E-state index contributed by atoms with van der Waals surface area (Å²) in [7, 11) is 0. The van der Waals surface area contributed by atoms with Gasteiger partial charge in [-0.2, -0.15) is 0 Å². The molecule has 3 fully saturated rings. The quantitative estimate of drug-likeness (QED) is 0.744. The van der Waals surface area contributed by atoms with Crippen LogP contribution in [0.15, 0.2) is 0 Å². The van der Waals surface area contributed by atoms with E-state index in [9.17, 15) is 14.7 Å². The zero-order chi connectivity index (χ0) is 18.7. The molecular formula is C19H34N4O3. The van der Waals surface area contributed by atoms with Crippen molar-refractivity contribution in [1.82, 2.24) is 19.6 Å². The van der Waals surface area contributed by atoms with Gasteiger partial charge in [-0.05, 0) is 25.7 Å². The number of aliphatic hydroxyl groups excluding tert-OH is 1. The fraction of sp³-hybridized carbons (Fsp3) is 0.895. The summed E-state index contributed by atoms with van der Waals surface area (Å²) in [5.74, 6) is 0.327. The third kappa shape index (κ3) is 4.56. The average Bonchev–Trinajstić information content (AvgIpc) is 2.83. The van der Waals surface area contributed by atoms with Crippen LogP contribution in [0.1, 0.15) is 39.5 Å². The summed E-state index contributed by atoms with van der Waals surface area (Å²) in [5, 5.41) is 10.7. The number of amides is 2. The van der Waals surface area contributed by atoms with Gasteiger partial charge in [0.05, 0.1) is 6.10 Å². The number of rotatable bonds is 2. The van der Waals surface area contributed by atoms with Crippen LogP contribution in [0.4, 0.5) is 0 Å². The molecule has 0 aromatic heterocycles. The van der Waals surface area contributed by atoms with E-state index in [4.69, 9.17) is 0 Å². The molecule has 0 aromatic rings. The molecule has 2 atom stereocenters.